The Morgan fingerprint density at radius 3 is 2.57 bits per heavy atom. The van der Waals surface area contributed by atoms with E-state index < -0.39 is 5.56 Å². The Bertz CT molecular complexity index is 1270. The van der Waals surface area contributed by atoms with E-state index >= 15 is 0 Å². The smallest absolute Gasteiger partial charge is 0.292 e. The summed E-state index contributed by atoms with van der Waals surface area (Å²) in [6.45, 7) is 0.260. The van der Waals surface area contributed by atoms with Crippen LogP contribution in [0.3, 0.4) is 0 Å². The highest BCUT2D eigenvalue weighted by Crippen LogP contribution is 2.21. The molecule has 0 unspecified atom stereocenters. The lowest BCUT2D eigenvalue weighted by atomic mass is 10.2. The normalized spacial score (nSPS) is 10.9. The van der Waals surface area contributed by atoms with Crippen molar-refractivity contribution >= 4 is 28.2 Å². The first kappa shape index (κ1) is 17.9. The molecule has 0 amide bonds. The summed E-state index contributed by atoms with van der Waals surface area (Å²) < 4.78 is 1.25. The second-order valence-electron chi connectivity index (χ2n) is 6.28. The molecular formula is C20H16ClN5O2. The molecular weight excluding hydrogens is 378 g/mol. The first-order chi connectivity index (χ1) is 13.5. The Balaban J connectivity index is 1.67. The van der Waals surface area contributed by atoms with Gasteiger partial charge in [0.25, 0.3) is 11.1 Å². The molecule has 0 fully saturated rings. The molecule has 0 aliphatic carbocycles. The summed E-state index contributed by atoms with van der Waals surface area (Å²) in [4.78, 5) is 33.8. The molecule has 0 saturated carbocycles. The van der Waals surface area contributed by atoms with Crippen LogP contribution in [0.25, 0.3) is 16.6 Å². The number of H-pyrrole nitrogens is 1. The van der Waals surface area contributed by atoms with E-state index in [4.69, 9.17) is 11.6 Å². The molecule has 4 aromatic rings. The number of nitrogens with one attached hydrogen (secondary N) is 1. The van der Waals surface area contributed by atoms with Crippen molar-refractivity contribution in [1.29, 1.82) is 0 Å². The number of aromatic nitrogens is 4. The summed E-state index contributed by atoms with van der Waals surface area (Å²) in [6.07, 6.45) is 1.52. The molecule has 2 heterocycles. The lowest BCUT2D eigenvalue weighted by Crippen LogP contribution is -2.27. The number of benzene rings is 2. The summed E-state index contributed by atoms with van der Waals surface area (Å²) in [6, 6.07) is 16.2. The zero-order valence-electron chi connectivity index (χ0n) is 15.0. The van der Waals surface area contributed by atoms with E-state index in [1.807, 2.05) is 24.3 Å². The maximum atomic E-state index is 12.6. The molecule has 8 heteroatoms. The van der Waals surface area contributed by atoms with Crippen molar-refractivity contribution in [3.63, 3.8) is 0 Å². The minimum Gasteiger partial charge on any atom is -0.364 e. The number of aromatic amines is 1. The topological polar surface area (TPSA) is 83.9 Å². The maximum absolute atomic E-state index is 12.6. The Labute approximate surface area is 164 Å². The van der Waals surface area contributed by atoms with Gasteiger partial charge in [-0.1, -0.05) is 41.9 Å². The molecule has 7 nitrogen and oxygen atoms in total. The number of anilines is 1. The van der Waals surface area contributed by atoms with Gasteiger partial charge in [-0.2, -0.15) is 9.78 Å². The largest absolute Gasteiger partial charge is 0.364 e. The van der Waals surface area contributed by atoms with Gasteiger partial charge in [-0.3, -0.25) is 9.59 Å². The Morgan fingerprint density at radius 2 is 1.79 bits per heavy atom. The van der Waals surface area contributed by atoms with Crippen LogP contribution in [0, 0.1) is 0 Å². The monoisotopic (exact) mass is 393 g/mol. The van der Waals surface area contributed by atoms with Crippen molar-refractivity contribution in [2.24, 2.45) is 0 Å². The molecule has 0 bridgehead atoms. The number of hydrogen-bond donors (Lipinski definition) is 1. The van der Waals surface area contributed by atoms with Crippen LogP contribution in [0.15, 0.2) is 70.4 Å². The van der Waals surface area contributed by atoms with Crippen LogP contribution >= 0.6 is 11.6 Å². The summed E-state index contributed by atoms with van der Waals surface area (Å²) in [5, 5.41) is 4.80. The van der Waals surface area contributed by atoms with Gasteiger partial charge in [0.1, 0.15) is 10.8 Å². The van der Waals surface area contributed by atoms with Gasteiger partial charge in [0.15, 0.2) is 0 Å². The van der Waals surface area contributed by atoms with Gasteiger partial charge in [-0.05, 0) is 24.3 Å². The quantitative estimate of drug-likeness (QED) is 0.576. The fourth-order valence-electron chi connectivity index (χ4n) is 2.96. The van der Waals surface area contributed by atoms with Crippen LogP contribution in [0.5, 0.6) is 0 Å². The number of rotatable bonds is 4. The van der Waals surface area contributed by atoms with Gasteiger partial charge in [0.05, 0.1) is 35.0 Å². The standard InChI is InChI=1S/C20H16ClN5O2/c1-25(12-17-23-15-10-6-5-9-14(15)19(27)24-17)16-11-22-26(20(28)18(16)21)13-7-3-2-4-8-13/h2-11H,12H2,1H3,(H,23,24,27). The van der Waals surface area contributed by atoms with Gasteiger partial charge < -0.3 is 9.88 Å². The van der Waals surface area contributed by atoms with Gasteiger partial charge in [-0.15, -0.1) is 0 Å². The third-order valence-corrected chi connectivity index (χ3v) is 4.72. The van der Waals surface area contributed by atoms with E-state index in [0.29, 0.717) is 28.1 Å². The average molecular weight is 394 g/mol. The SMILES string of the molecule is CN(Cc1nc2ccccc2c(=O)[nH]1)c1cnn(-c2ccccc2)c(=O)c1Cl. The van der Waals surface area contributed by atoms with Crippen LogP contribution in [-0.2, 0) is 6.54 Å². The minimum atomic E-state index is -0.419. The van der Waals surface area contributed by atoms with Crippen LogP contribution in [0.1, 0.15) is 5.82 Å². The second-order valence-corrected chi connectivity index (χ2v) is 6.66. The van der Waals surface area contributed by atoms with Crippen molar-refractivity contribution in [1.82, 2.24) is 19.7 Å². The molecule has 0 aliphatic heterocycles. The Kier molecular flexibility index (Phi) is 4.67. The van der Waals surface area contributed by atoms with Gasteiger partial charge in [-0.25, -0.2) is 4.98 Å². The Hall–Kier alpha value is -3.45. The van der Waals surface area contributed by atoms with Gasteiger partial charge in [0.2, 0.25) is 0 Å². The molecule has 0 aliphatic rings. The summed E-state index contributed by atoms with van der Waals surface area (Å²) in [7, 11) is 1.75. The molecule has 0 saturated heterocycles. The van der Waals surface area contributed by atoms with E-state index in [1.54, 1.807) is 42.3 Å². The number of fused-ring (bicyclic) bond motifs is 1. The highest BCUT2D eigenvalue weighted by Gasteiger charge is 2.15. The third-order valence-electron chi connectivity index (χ3n) is 4.36. The minimum absolute atomic E-state index is 0.0458. The van der Waals surface area contributed by atoms with Crippen LogP contribution in [0.2, 0.25) is 5.02 Å². The summed E-state index contributed by atoms with van der Waals surface area (Å²) >= 11 is 6.33. The molecule has 140 valence electrons. The van der Waals surface area contributed by atoms with Crippen molar-refractivity contribution in [3.8, 4) is 5.69 Å². The first-order valence-corrected chi connectivity index (χ1v) is 8.95. The molecule has 28 heavy (non-hydrogen) atoms. The number of nitrogens with zero attached hydrogens (tertiary/aromatic N) is 4. The van der Waals surface area contributed by atoms with E-state index in [2.05, 4.69) is 15.1 Å². The van der Waals surface area contributed by atoms with E-state index in [-0.39, 0.29) is 17.1 Å². The summed E-state index contributed by atoms with van der Waals surface area (Å²) in [5.41, 5.74) is 1.06. The molecule has 1 N–H and O–H groups in total. The fourth-order valence-corrected chi connectivity index (χ4v) is 3.24. The third kappa shape index (κ3) is 3.27. The molecule has 2 aromatic carbocycles. The summed E-state index contributed by atoms with van der Waals surface area (Å²) in [5.74, 6) is 0.467. The first-order valence-electron chi connectivity index (χ1n) is 8.57. The molecule has 0 radical (unpaired) electrons. The van der Waals surface area contributed by atoms with Crippen molar-refractivity contribution in [3.05, 3.63) is 92.3 Å². The van der Waals surface area contributed by atoms with Crippen molar-refractivity contribution in [2.45, 2.75) is 6.54 Å². The lowest BCUT2D eigenvalue weighted by molar-refractivity contribution is 0.784. The highest BCUT2D eigenvalue weighted by molar-refractivity contribution is 6.33. The molecule has 0 spiro atoms. The van der Waals surface area contributed by atoms with Crippen LogP contribution in [-0.4, -0.2) is 26.8 Å². The van der Waals surface area contributed by atoms with Crippen molar-refractivity contribution in [2.75, 3.05) is 11.9 Å². The predicted molar refractivity (Wildman–Crippen MR) is 109 cm³/mol. The predicted octanol–water partition coefficient (Wildman–Crippen LogP) is 2.76. The average Bonchev–Trinajstić information content (AvgIpc) is 2.70. The number of para-hydroxylation sites is 2. The highest BCUT2D eigenvalue weighted by atomic mass is 35.5. The van der Waals surface area contributed by atoms with Crippen LogP contribution < -0.4 is 16.0 Å². The molecule has 0 atom stereocenters. The van der Waals surface area contributed by atoms with E-state index in [0.717, 1.165) is 0 Å². The fraction of sp³-hybridized carbons (Fsp3) is 0.100. The van der Waals surface area contributed by atoms with Gasteiger partial charge >= 0.3 is 0 Å². The van der Waals surface area contributed by atoms with Gasteiger partial charge in [0, 0.05) is 7.05 Å². The number of hydrogen-bond acceptors (Lipinski definition) is 5. The van der Waals surface area contributed by atoms with Crippen molar-refractivity contribution < 1.29 is 0 Å². The molecule has 2 aromatic heterocycles. The van der Waals surface area contributed by atoms with E-state index in [9.17, 15) is 9.59 Å². The lowest BCUT2D eigenvalue weighted by Gasteiger charge is -2.20. The zero-order chi connectivity index (χ0) is 19.7. The Morgan fingerprint density at radius 1 is 1.07 bits per heavy atom. The maximum Gasteiger partial charge on any atom is 0.292 e. The molecule has 4 rings (SSSR count). The second kappa shape index (κ2) is 7.28. The number of halogens is 1. The van der Waals surface area contributed by atoms with E-state index in [1.165, 1.54) is 10.9 Å². The van der Waals surface area contributed by atoms with Crippen LogP contribution in [0.4, 0.5) is 5.69 Å². The zero-order valence-corrected chi connectivity index (χ0v) is 15.7.